The Kier molecular flexibility index (Phi) is 3.71. The average molecular weight is 256 g/mol. The summed E-state index contributed by atoms with van der Waals surface area (Å²) in [5.41, 5.74) is 8.52. The number of anilines is 1. The van der Waals surface area contributed by atoms with Crippen LogP contribution in [0.5, 0.6) is 5.75 Å². The van der Waals surface area contributed by atoms with Crippen LogP contribution in [0, 0.1) is 6.92 Å². The molecule has 0 atom stereocenters. The molecule has 0 heterocycles. The Hall–Kier alpha value is -2.49. The van der Waals surface area contributed by atoms with E-state index in [4.69, 9.17) is 5.73 Å². The third-order valence-corrected chi connectivity index (χ3v) is 2.86. The highest BCUT2D eigenvalue weighted by Crippen LogP contribution is 2.18. The van der Waals surface area contributed by atoms with Gasteiger partial charge in [0.2, 0.25) is 0 Å². The molecular weight excluding hydrogens is 240 g/mol. The normalized spacial score (nSPS) is 10.2. The van der Waals surface area contributed by atoms with Gasteiger partial charge in [-0.1, -0.05) is 29.8 Å². The smallest absolute Gasteiger partial charge is 0.253 e. The van der Waals surface area contributed by atoms with E-state index in [2.05, 4.69) is 5.32 Å². The summed E-state index contributed by atoms with van der Waals surface area (Å²) in [7, 11) is 0. The number of carbonyl (C=O) groups is 1. The van der Waals surface area contributed by atoms with Crippen LogP contribution in [0.25, 0.3) is 0 Å². The van der Waals surface area contributed by atoms with Gasteiger partial charge in [0.25, 0.3) is 5.91 Å². The van der Waals surface area contributed by atoms with E-state index in [1.165, 1.54) is 23.8 Å². The number of nitrogen functional groups attached to an aromatic ring is 1. The minimum absolute atomic E-state index is 0.0229. The van der Waals surface area contributed by atoms with Crippen molar-refractivity contribution >= 4 is 11.6 Å². The highest BCUT2D eigenvalue weighted by molar-refractivity contribution is 5.99. The number of nitrogens with two attached hydrogens (primary N) is 1. The lowest BCUT2D eigenvalue weighted by Gasteiger charge is -2.08. The fraction of sp³-hybridized carbons (Fsp3) is 0.133. The number of hydrogen-bond donors (Lipinski definition) is 3. The van der Waals surface area contributed by atoms with Crippen molar-refractivity contribution in [3.8, 4) is 5.75 Å². The summed E-state index contributed by atoms with van der Waals surface area (Å²) < 4.78 is 0. The molecule has 0 saturated carbocycles. The Morgan fingerprint density at radius 2 is 1.89 bits per heavy atom. The molecule has 0 aliphatic heterocycles. The minimum Gasteiger partial charge on any atom is -0.508 e. The summed E-state index contributed by atoms with van der Waals surface area (Å²) in [4.78, 5) is 12.0. The molecule has 0 saturated heterocycles. The number of carbonyl (C=O) groups excluding carboxylic acids is 1. The van der Waals surface area contributed by atoms with E-state index in [1.54, 1.807) is 0 Å². The summed E-state index contributed by atoms with van der Waals surface area (Å²) in [6, 6.07) is 12.2. The van der Waals surface area contributed by atoms with E-state index in [9.17, 15) is 9.90 Å². The van der Waals surface area contributed by atoms with E-state index in [0.29, 0.717) is 12.2 Å². The molecule has 2 aromatic rings. The number of aromatic hydroxyl groups is 1. The maximum absolute atomic E-state index is 12.0. The van der Waals surface area contributed by atoms with Gasteiger partial charge in [0, 0.05) is 12.2 Å². The summed E-state index contributed by atoms with van der Waals surface area (Å²) >= 11 is 0. The zero-order chi connectivity index (χ0) is 13.8. The Bertz CT molecular complexity index is 592. The van der Waals surface area contributed by atoms with Gasteiger partial charge in [-0.05, 0) is 30.7 Å². The third-order valence-electron chi connectivity index (χ3n) is 2.86. The molecule has 0 aromatic heterocycles. The lowest BCUT2D eigenvalue weighted by molar-refractivity contribution is 0.0951. The lowest BCUT2D eigenvalue weighted by Crippen LogP contribution is -2.23. The molecule has 98 valence electrons. The van der Waals surface area contributed by atoms with E-state index in [-0.39, 0.29) is 17.2 Å². The van der Waals surface area contributed by atoms with Crippen LogP contribution < -0.4 is 11.1 Å². The summed E-state index contributed by atoms with van der Waals surface area (Å²) in [5.74, 6) is -0.274. The van der Waals surface area contributed by atoms with Crippen LogP contribution in [-0.4, -0.2) is 11.0 Å². The topological polar surface area (TPSA) is 75.3 Å². The van der Waals surface area contributed by atoms with Crippen molar-refractivity contribution in [2.24, 2.45) is 0 Å². The molecule has 19 heavy (non-hydrogen) atoms. The SMILES string of the molecule is Cc1ccc(CNC(=O)c2cc(O)ccc2N)cc1. The number of phenols is 1. The van der Waals surface area contributed by atoms with E-state index in [0.717, 1.165) is 5.56 Å². The average Bonchev–Trinajstić information content (AvgIpc) is 2.40. The predicted molar refractivity (Wildman–Crippen MR) is 74.9 cm³/mol. The molecular formula is C15H16N2O2. The third kappa shape index (κ3) is 3.25. The van der Waals surface area contributed by atoms with Crippen LogP contribution in [0.2, 0.25) is 0 Å². The van der Waals surface area contributed by atoms with Crippen molar-refractivity contribution in [1.82, 2.24) is 5.32 Å². The highest BCUT2D eigenvalue weighted by atomic mass is 16.3. The van der Waals surface area contributed by atoms with Gasteiger partial charge in [0.15, 0.2) is 0 Å². The van der Waals surface area contributed by atoms with E-state index < -0.39 is 0 Å². The Morgan fingerprint density at radius 3 is 2.58 bits per heavy atom. The van der Waals surface area contributed by atoms with Gasteiger partial charge in [0.05, 0.1) is 5.56 Å². The van der Waals surface area contributed by atoms with Crippen LogP contribution in [0.15, 0.2) is 42.5 Å². The lowest BCUT2D eigenvalue weighted by atomic mass is 10.1. The van der Waals surface area contributed by atoms with Gasteiger partial charge in [-0.2, -0.15) is 0 Å². The first kappa shape index (κ1) is 13.0. The molecule has 4 N–H and O–H groups in total. The number of hydrogen-bond acceptors (Lipinski definition) is 3. The second kappa shape index (κ2) is 5.44. The Labute approximate surface area is 111 Å². The monoisotopic (exact) mass is 256 g/mol. The molecule has 4 nitrogen and oxygen atoms in total. The number of phenolic OH excluding ortho intramolecular Hbond substituents is 1. The molecule has 4 heteroatoms. The number of amides is 1. The van der Waals surface area contributed by atoms with Crippen LogP contribution in [0.3, 0.4) is 0 Å². The van der Waals surface area contributed by atoms with Crippen molar-refractivity contribution in [3.05, 3.63) is 59.2 Å². The van der Waals surface area contributed by atoms with Crippen molar-refractivity contribution in [1.29, 1.82) is 0 Å². The minimum atomic E-state index is -0.297. The fourth-order valence-electron chi connectivity index (χ4n) is 1.72. The first-order valence-electron chi connectivity index (χ1n) is 5.98. The number of aryl methyl sites for hydroxylation is 1. The van der Waals surface area contributed by atoms with Crippen molar-refractivity contribution in [2.45, 2.75) is 13.5 Å². The molecule has 0 aliphatic rings. The van der Waals surface area contributed by atoms with E-state index >= 15 is 0 Å². The van der Waals surface area contributed by atoms with Gasteiger partial charge in [-0.15, -0.1) is 0 Å². The molecule has 0 aliphatic carbocycles. The van der Waals surface area contributed by atoms with Crippen molar-refractivity contribution in [3.63, 3.8) is 0 Å². The van der Waals surface area contributed by atoms with E-state index in [1.807, 2.05) is 31.2 Å². The largest absolute Gasteiger partial charge is 0.508 e. The van der Waals surface area contributed by atoms with Gasteiger partial charge < -0.3 is 16.2 Å². The first-order valence-corrected chi connectivity index (χ1v) is 5.98. The van der Waals surface area contributed by atoms with Crippen LogP contribution in [0.4, 0.5) is 5.69 Å². The quantitative estimate of drug-likeness (QED) is 0.582. The molecule has 0 radical (unpaired) electrons. The Balaban J connectivity index is 2.05. The molecule has 2 aromatic carbocycles. The van der Waals surface area contributed by atoms with Gasteiger partial charge >= 0.3 is 0 Å². The second-order valence-electron chi connectivity index (χ2n) is 4.44. The predicted octanol–water partition coefficient (Wildman–Crippen LogP) is 2.21. The van der Waals surface area contributed by atoms with Gasteiger partial charge in [-0.3, -0.25) is 4.79 Å². The van der Waals surface area contributed by atoms with Crippen LogP contribution in [-0.2, 0) is 6.54 Å². The standard InChI is InChI=1S/C15H16N2O2/c1-10-2-4-11(5-3-10)9-17-15(19)13-8-12(18)6-7-14(13)16/h2-8,18H,9,16H2,1H3,(H,17,19). The molecule has 0 spiro atoms. The summed E-state index contributed by atoms with van der Waals surface area (Å²) in [6.07, 6.45) is 0. The van der Waals surface area contributed by atoms with Crippen LogP contribution in [0.1, 0.15) is 21.5 Å². The van der Waals surface area contributed by atoms with Gasteiger partial charge in [0.1, 0.15) is 5.75 Å². The zero-order valence-corrected chi connectivity index (χ0v) is 10.7. The molecule has 1 amide bonds. The van der Waals surface area contributed by atoms with Crippen molar-refractivity contribution in [2.75, 3.05) is 5.73 Å². The zero-order valence-electron chi connectivity index (χ0n) is 10.7. The molecule has 0 fully saturated rings. The summed E-state index contributed by atoms with van der Waals surface area (Å²) in [5, 5.41) is 12.1. The van der Waals surface area contributed by atoms with Gasteiger partial charge in [-0.25, -0.2) is 0 Å². The fourth-order valence-corrected chi connectivity index (χ4v) is 1.72. The summed E-state index contributed by atoms with van der Waals surface area (Å²) in [6.45, 7) is 2.43. The first-order chi connectivity index (χ1) is 9.06. The van der Waals surface area contributed by atoms with Crippen molar-refractivity contribution < 1.29 is 9.90 Å². The maximum Gasteiger partial charge on any atom is 0.253 e. The maximum atomic E-state index is 12.0. The number of rotatable bonds is 3. The number of nitrogens with one attached hydrogen (secondary N) is 1. The van der Waals surface area contributed by atoms with Crippen LogP contribution >= 0.6 is 0 Å². The molecule has 0 unspecified atom stereocenters. The molecule has 0 bridgehead atoms. The number of benzene rings is 2. The highest BCUT2D eigenvalue weighted by Gasteiger charge is 2.10. The Morgan fingerprint density at radius 1 is 1.21 bits per heavy atom. The molecule has 2 rings (SSSR count). The second-order valence-corrected chi connectivity index (χ2v) is 4.44.